The number of aryl methyl sites for hydroxylation is 1. The van der Waals surface area contributed by atoms with Crippen molar-refractivity contribution in [3.8, 4) is 11.6 Å². The van der Waals surface area contributed by atoms with Crippen LogP contribution in [0.2, 0.25) is 0 Å². The van der Waals surface area contributed by atoms with Crippen molar-refractivity contribution in [2.75, 3.05) is 0 Å². The van der Waals surface area contributed by atoms with Crippen LogP contribution in [-0.4, -0.2) is 16.1 Å². The maximum absolute atomic E-state index is 10.9. The molecule has 2 rings (SSSR count). The van der Waals surface area contributed by atoms with E-state index in [-0.39, 0.29) is 18.0 Å². The predicted molar refractivity (Wildman–Crippen MR) is 77.6 cm³/mol. The van der Waals surface area contributed by atoms with Crippen LogP contribution in [0.4, 0.5) is 0 Å². The number of halogens is 1. The number of carbonyl (C=O) groups is 1. The van der Waals surface area contributed by atoms with Gasteiger partial charge in [-0.15, -0.1) is 12.4 Å². The molecule has 0 atom stereocenters. The first-order valence-electron chi connectivity index (χ1n) is 5.77. The summed E-state index contributed by atoms with van der Waals surface area (Å²) in [5.74, 6) is -0.158. The van der Waals surface area contributed by atoms with Crippen molar-refractivity contribution in [2.24, 2.45) is 5.73 Å². The largest absolute Gasteiger partial charge is 0.478 e. The van der Waals surface area contributed by atoms with E-state index < -0.39 is 5.97 Å². The molecule has 3 N–H and O–H groups in total. The molecule has 0 aliphatic rings. The Labute approximate surface area is 122 Å². The molecule has 1 aromatic carbocycles. The summed E-state index contributed by atoms with van der Waals surface area (Å²) < 4.78 is 5.56. The Morgan fingerprint density at radius 2 is 2.10 bits per heavy atom. The first-order chi connectivity index (χ1) is 9.08. The van der Waals surface area contributed by atoms with Gasteiger partial charge < -0.3 is 15.6 Å². The average molecular weight is 295 g/mol. The Hall–Kier alpha value is -2.11. The maximum atomic E-state index is 10.9. The van der Waals surface area contributed by atoms with Crippen LogP contribution < -0.4 is 10.5 Å². The summed E-state index contributed by atoms with van der Waals surface area (Å²) in [6.07, 6.45) is 0. The van der Waals surface area contributed by atoms with Gasteiger partial charge in [0.2, 0.25) is 5.88 Å². The number of carboxylic acid groups (broad SMARTS) is 1. The fourth-order valence-electron chi connectivity index (χ4n) is 1.69. The highest BCUT2D eigenvalue weighted by atomic mass is 35.5. The molecule has 6 heteroatoms. The van der Waals surface area contributed by atoms with E-state index in [0.717, 1.165) is 11.3 Å². The van der Waals surface area contributed by atoms with Gasteiger partial charge in [0.1, 0.15) is 5.75 Å². The Balaban J connectivity index is 0.00000200. The van der Waals surface area contributed by atoms with Gasteiger partial charge in [-0.3, -0.25) is 0 Å². The van der Waals surface area contributed by atoms with Crippen LogP contribution in [0.15, 0.2) is 36.4 Å². The summed E-state index contributed by atoms with van der Waals surface area (Å²) in [5.41, 5.74) is 7.47. The van der Waals surface area contributed by atoms with Crippen molar-refractivity contribution in [2.45, 2.75) is 13.5 Å². The van der Waals surface area contributed by atoms with Gasteiger partial charge in [-0.25, -0.2) is 9.78 Å². The number of pyridine rings is 1. The summed E-state index contributed by atoms with van der Waals surface area (Å²) in [5, 5.41) is 8.91. The molecule has 1 aromatic heterocycles. The molecule has 0 bridgehead atoms. The number of rotatable bonds is 4. The lowest BCUT2D eigenvalue weighted by atomic mass is 10.2. The number of hydrogen-bond acceptors (Lipinski definition) is 4. The van der Waals surface area contributed by atoms with E-state index in [1.165, 1.54) is 12.1 Å². The zero-order chi connectivity index (χ0) is 13.8. The maximum Gasteiger partial charge on any atom is 0.335 e. The van der Waals surface area contributed by atoms with Crippen LogP contribution in [0.3, 0.4) is 0 Å². The van der Waals surface area contributed by atoms with Gasteiger partial charge in [0.25, 0.3) is 0 Å². The fraction of sp³-hybridized carbons (Fsp3) is 0.143. The third-order valence-corrected chi connectivity index (χ3v) is 2.53. The van der Waals surface area contributed by atoms with E-state index >= 15 is 0 Å². The summed E-state index contributed by atoms with van der Waals surface area (Å²) in [7, 11) is 0. The van der Waals surface area contributed by atoms with Crippen LogP contribution in [0.5, 0.6) is 11.6 Å². The Morgan fingerprint density at radius 1 is 1.35 bits per heavy atom. The molecule has 2 aromatic rings. The van der Waals surface area contributed by atoms with Gasteiger partial charge >= 0.3 is 5.97 Å². The number of ether oxygens (including phenoxy) is 1. The minimum atomic E-state index is -0.995. The number of hydrogen-bond donors (Lipinski definition) is 2. The van der Waals surface area contributed by atoms with Gasteiger partial charge in [-0.1, -0.05) is 6.07 Å². The molecule has 5 nitrogen and oxygen atoms in total. The Kier molecular flexibility index (Phi) is 5.49. The SMILES string of the molecule is Cc1cc(CN)cc(Oc2cccc(C(=O)O)c2)n1.Cl. The third kappa shape index (κ3) is 3.94. The van der Waals surface area contributed by atoms with Gasteiger partial charge in [-0.05, 0) is 36.8 Å². The number of aromatic carboxylic acids is 1. The van der Waals surface area contributed by atoms with E-state index in [0.29, 0.717) is 18.2 Å². The predicted octanol–water partition coefficient (Wildman–Crippen LogP) is 2.76. The van der Waals surface area contributed by atoms with E-state index in [2.05, 4.69) is 4.98 Å². The minimum absolute atomic E-state index is 0. The molecule has 20 heavy (non-hydrogen) atoms. The first kappa shape index (κ1) is 15.9. The smallest absolute Gasteiger partial charge is 0.335 e. The highest BCUT2D eigenvalue weighted by molar-refractivity contribution is 5.88. The van der Waals surface area contributed by atoms with E-state index in [1.807, 2.05) is 13.0 Å². The molecule has 0 saturated heterocycles. The van der Waals surface area contributed by atoms with Gasteiger partial charge in [0.05, 0.1) is 5.56 Å². The highest BCUT2D eigenvalue weighted by Crippen LogP contribution is 2.22. The summed E-state index contributed by atoms with van der Waals surface area (Å²) in [6, 6.07) is 9.87. The standard InChI is InChI=1S/C14H14N2O3.ClH/c1-9-5-10(8-15)6-13(16-9)19-12-4-2-3-11(7-12)14(17)18;/h2-7H,8,15H2,1H3,(H,17,18);1H. The number of nitrogens with zero attached hydrogens (tertiary/aromatic N) is 1. The second-order valence-corrected chi connectivity index (χ2v) is 4.09. The van der Waals surface area contributed by atoms with Gasteiger partial charge in [-0.2, -0.15) is 0 Å². The molecule has 0 amide bonds. The summed E-state index contributed by atoms with van der Waals surface area (Å²) in [4.78, 5) is 15.1. The van der Waals surface area contributed by atoms with Gasteiger partial charge in [0.15, 0.2) is 0 Å². The van der Waals surface area contributed by atoms with Crippen LogP contribution in [0.1, 0.15) is 21.6 Å². The molecule has 0 radical (unpaired) electrons. The number of carboxylic acids is 1. The highest BCUT2D eigenvalue weighted by Gasteiger charge is 2.06. The van der Waals surface area contributed by atoms with Crippen LogP contribution in [0, 0.1) is 6.92 Å². The molecule has 1 heterocycles. The fourth-order valence-corrected chi connectivity index (χ4v) is 1.69. The topological polar surface area (TPSA) is 85.4 Å². The van der Waals surface area contributed by atoms with Crippen molar-refractivity contribution >= 4 is 18.4 Å². The first-order valence-corrected chi connectivity index (χ1v) is 5.77. The molecule has 0 unspecified atom stereocenters. The summed E-state index contributed by atoms with van der Waals surface area (Å²) in [6.45, 7) is 2.24. The minimum Gasteiger partial charge on any atom is -0.478 e. The van der Waals surface area contributed by atoms with Crippen molar-refractivity contribution in [1.29, 1.82) is 0 Å². The molecule has 0 aliphatic heterocycles. The number of nitrogens with two attached hydrogens (primary N) is 1. The molecular weight excluding hydrogens is 280 g/mol. The lowest BCUT2D eigenvalue weighted by Gasteiger charge is -2.08. The lowest BCUT2D eigenvalue weighted by Crippen LogP contribution is -2.00. The number of aromatic nitrogens is 1. The molecule has 0 aliphatic carbocycles. The van der Waals surface area contributed by atoms with Crippen LogP contribution in [-0.2, 0) is 6.54 Å². The second-order valence-electron chi connectivity index (χ2n) is 4.09. The summed E-state index contributed by atoms with van der Waals surface area (Å²) >= 11 is 0. The average Bonchev–Trinajstić information content (AvgIpc) is 2.38. The Bertz CT molecular complexity index is 617. The van der Waals surface area contributed by atoms with Crippen molar-refractivity contribution < 1.29 is 14.6 Å². The molecular formula is C14H15ClN2O3. The van der Waals surface area contributed by atoms with Crippen molar-refractivity contribution in [3.05, 3.63) is 53.2 Å². The zero-order valence-corrected chi connectivity index (χ0v) is 11.7. The van der Waals surface area contributed by atoms with E-state index in [1.54, 1.807) is 18.2 Å². The Morgan fingerprint density at radius 3 is 2.75 bits per heavy atom. The van der Waals surface area contributed by atoms with Gasteiger partial charge in [0, 0.05) is 18.3 Å². The van der Waals surface area contributed by atoms with E-state index in [9.17, 15) is 4.79 Å². The monoisotopic (exact) mass is 294 g/mol. The molecule has 0 saturated carbocycles. The zero-order valence-electron chi connectivity index (χ0n) is 10.9. The molecule has 0 fully saturated rings. The second kappa shape index (κ2) is 6.88. The van der Waals surface area contributed by atoms with Crippen molar-refractivity contribution in [3.63, 3.8) is 0 Å². The molecule has 0 spiro atoms. The molecule has 106 valence electrons. The van der Waals surface area contributed by atoms with Crippen LogP contribution in [0.25, 0.3) is 0 Å². The number of benzene rings is 1. The van der Waals surface area contributed by atoms with Crippen LogP contribution >= 0.6 is 12.4 Å². The lowest BCUT2D eigenvalue weighted by molar-refractivity contribution is 0.0696. The van der Waals surface area contributed by atoms with E-state index in [4.69, 9.17) is 15.6 Å². The quantitative estimate of drug-likeness (QED) is 0.905. The normalized spacial score (nSPS) is 9.70. The van der Waals surface area contributed by atoms with Crippen molar-refractivity contribution in [1.82, 2.24) is 4.98 Å². The third-order valence-electron chi connectivity index (χ3n) is 2.53.